The first-order valence-electron chi connectivity index (χ1n) is 12.7. The minimum atomic E-state index is -2.53. The second-order valence-electron chi connectivity index (χ2n) is 11.6. The van der Waals surface area contributed by atoms with Gasteiger partial charge in [0.1, 0.15) is 5.60 Å². The third kappa shape index (κ3) is 6.70. The molecule has 1 aliphatic rings. The summed E-state index contributed by atoms with van der Waals surface area (Å²) in [6.07, 6.45) is 9.16. The van der Waals surface area contributed by atoms with Gasteiger partial charge in [-0.15, -0.1) is 0 Å². The van der Waals surface area contributed by atoms with Crippen molar-refractivity contribution >= 4 is 24.7 Å². The van der Waals surface area contributed by atoms with Gasteiger partial charge in [0.05, 0.1) is 0 Å². The van der Waals surface area contributed by atoms with E-state index in [-0.39, 0.29) is 17.1 Å². The van der Waals surface area contributed by atoms with E-state index in [1.54, 1.807) is 6.08 Å². The van der Waals surface area contributed by atoms with E-state index in [0.717, 1.165) is 25.7 Å². The van der Waals surface area contributed by atoms with Crippen molar-refractivity contribution in [2.24, 2.45) is 5.92 Å². The maximum absolute atomic E-state index is 12.0. The number of allylic oxidation sites excluding steroid dienone is 1. The van der Waals surface area contributed by atoms with Crippen molar-refractivity contribution in [3.05, 3.63) is 72.8 Å². The average molecular weight is 479 g/mol. The summed E-state index contributed by atoms with van der Waals surface area (Å²) in [4.78, 5) is 12.0. The molecule has 0 aliphatic heterocycles. The largest absolute Gasteiger partial charge is 0.457 e. The van der Waals surface area contributed by atoms with Gasteiger partial charge in [-0.25, -0.2) is 4.79 Å². The van der Waals surface area contributed by atoms with Gasteiger partial charge in [0.2, 0.25) is 0 Å². The van der Waals surface area contributed by atoms with Crippen molar-refractivity contribution < 1.29 is 14.0 Å². The number of hydrogen-bond acceptors (Lipinski definition) is 3. The molecule has 3 rings (SSSR count). The lowest BCUT2D eigenvalue weighted by molar-refractivity contribution is -0.148. The van der Waals surface area contributed by atoms with Gasteiger partial charge in [-0.1, -0.05) is 93.9 Å². The quantitative estimate of drug-likeness (QED) is 0.262. The Morgan fingerprint density at radius 1 is 0.912 bits per heavy atom. The van der Waals surface area contributed by atoms with Gasteiger partial charge in [-0.2, -0.15) is 0 Å². The number of carbonyl (C=O) groups excluding carboxylic acids is 1. The van der Waals surface area contributed by atoms with Crippen molar-refractivity contribution in [3.63, 3.8) is 0 Å². The van der Waals surface area contributed by atoms with Gasteiger partial charge in [-0.05, 0) is 67.8 Å². The molecule has 0 amide bonds. The van der Waals surface area contributed by atoms with Crippen LogP contribution in [-0.4, -0.2) is 26.0 Å². The van der Waals surface area contributed by atoms with Crippen LogP contribution in [0.15, 0.2) is 72.8 Å². The molecule has 1 saturated carbocycles. The zero-order valence-corrected chi connectivity index (χ0v) is 22.8. The molecule has 1 aliphatic carbocycles. The van der Waals surface area contributed by atoms with Gasteiger partial charge in [0, 0.05) is 12.2 Å². The standard InChI is InChI=1S/C30H42O3Si/c1-29(2,3)32-28(31)22-14-16-24-15-13-17-25(23-24)33-34(30(4,5)6,26-18-9-7-10-19-26)27-20-11-8-12-21-27/h7-12,14,18-22,24-25H,13,15-17,23H2,1-6H3. The molecule has 3 nitrogen and oxygen atoms in total. The van der Waals surface area contributed by atoms with Gasteiger partial charge < -0.3 is 9.16 Å². The maximum Gasteiger partial charge on any atom is 0.330 e. The van der Waals surface area contributed by atoms with Gasteiger partial charge >= 0.3 is 5.97 Å². The minimum absolute atomic E-state index is 0.0146. The lowest BCUT2D eigenvalue weighted by atomic mass is 9.85. The zero-order chi connectivity index (χ0) is 24.8. The van der Waals surface area contributed by atoms with Crippen LogP contribution in [0.2, 0.25) is 5.04 Å². The fraction of sp³-hybridized carbons (Fsp3) is 0.500. The summed E-state index contributed by atoms with van der Waals surface area (Å²) in [7, 11) is -2.53. The summed E-state index contributed by atoms with van der Waals surface area (Å²) >= 11 is 0. The minimum Gasteiger partial charge on any atom is -0.457 e. The molecular formula is C30H42O3Si. The molecule has 2 unspecified atom stereocenters. The summed E-state index contributed by atoms with van der Waals surface area (Å²) in [5.41, 5.74) is -0.457. The molecular weight excluding hydrogens is 436 g/mol. The van der Waals surface area contributed by atoms with E-state index in [1.165, 1.54) is 16.8 Å². The van der Waals surface area contributed by atoms with Crippen LogP contribution in [0.5, 0.6) is 0 Å². The van der Waals surface area contributed by atoms with E-state index >= 15 is 0 Å². The van der Waals surface area contributed by atoms with Crippen LogP contribution in [-0.2, 0) is 14.0 Å². The highest BCUT2D eigenvalue weighted by Gasteiger charge is 2.51. The fourth-order valence-corrected chi connectivity index (χ4v) is 9.93. The summed E-state index contributed by atoms with van der Waals surface area (Å²) in [6, 6.07) is 21.8. The maximum atomic E-state index is 12.0. The third-order valence-electron chi connectivity index (χ3n) is 6.63. The second-order valence-corrected chi connectivity index (χ2v) is 15.9. The van der Waals surface area contributed by atoms with Gasteiger partial charge in [0.15, 0.2) is 0 Å². The summed E-state index contributed by atoms with van der Waals surface area (Å²) in [5, 5.41) is 2.65. The average Bonchev–Trinajstić information content (AvgIpc) is 2.77. The number of ether oxygens (including phenoxy) is 1. The highest BCUT2D eigenvalue weighted by Crippen LogP contribution is 2.40. The van der Waals surface area contributed by atoms with E-state index in [9.17, 15) is 4.79 Å². The molecule has 2 atom stereocenters. The van der Waals surface area contributed by atoms with E-state index in [4.69, 9.17) is 9.16 Å². The Labute approximate surface area is 207 Å². The van der Waals surface area contributed by atoms with Crippen LogP contribution in [0, 0.1) is 5.92 Å². The molecule has 0 saturated heterocycles. The van der Waals surface area contributed by atoms with Gasteiger partial charge in [-0.3, -0.25) is 0 Å². The number of hydrogen-bond donors (Lipinski definition) is 0. The molecule has 1 fully saturated rings. The first kappa shape index (κ1) is 26.4. The Kier molecular flexibility index (Phi) is 8.59. The molecule has 184 valence electrons. The molecule has 0 spiro atoms. The van der Waals surface area contributed by atoms with Crippen molar-refractivity contribution in [1.82, 2.24) is 0 Å². The Balaban J connectivity index is 1.81. The smallest absolute Gasteiger partial charge is 0.330 e. The molecule has 0 N–H and O–H groups in total. The molecule has 0 bridgehead atoms. The van der Waals surface area contributed by atoms with Crippen molar-refractivity contribution in [2.45, 2.75) is 90.4 Å². The van der Waals surface area contributed by atoms with Crippen LogP contribution in [0.4, 0.5) is 0 Å². The second kappa shape index (κ2) is 11.0. The van der Waals surface area contributed by atoms with Crippen LogP contribution >= 0.6 is 0 Å². The highest BCUT2D eigenvalue weighted by molar-refractivity contribution is 6.99. The Morgan fingerprint density at radius 3 is 1.97 bits per heavy atom. The van der Waals surface area contributed by atoms with Gasteiger partial charge in [0.25, 0.3) is 8.32 Å². The summed E-state index contributed by atoms with van der Waals surface area (Å²) in [6.45, 7) is 12.7. The first-order chi connectivity index (χ1) is 16.0. The normalized spacial score (nSPS) is 19.8. The van der Waals surface area contributed by atoms with E-state index in [0.29, 0.717) is 5.92 Å². The molecule has 4 heteroatoms. The van der Waals surface area contributed by atoms with Crippen molar-refractivity contribution in [3.8, 4) is 0 Å². The lowest BCUT2D eigenvalue weighted by Crippen LogP contribution is -2.67. The fourth-order valence-electron chi connectivity index (χ4n) is 5.20. The SMILES string of the molecule is CC(C)(C)OC(=O)C=CCC1CCCC(O[Si](c2ccccc2)(c2ccccc2)C(C)(C)C)C1. The van der Waals surface area contributed by atoms with E-state index in [2.05, 4.69) is 81.4 Å². The number of carbonyl (C=O) groups is 1. The van der Waals surface area contributed by atoms with Crippen LogP contribution < -0.4 is 10.4 Å². The zero-order valence-electron chi connectivity index (χ0n) is 21.8. The molecule has 2 aromatic rings. The molecule has 34 heavy (non-hydrogen) atoms. The molecule has 0 aromatic heterocycles. The highest BCUT2D eigenvalue weighted by atomic mass is 28.4. The van der Waals surface area contributed by atoms with E-state index < -0.39 is 13.9 Å². The Morgan fingerprint density at radius 2 is 1.47 bits per heavy atom. The molecule has 0 radical (unpaired) electrons. The Bertz CT molecular complexity index is 899. The van der Waals surface area contributed by atoms with E-state index in [1.807, 2.05) is 26.8 Å². The lowest BCUT2D eigenvalue weighted by Gasteiger charge is -2.46. The number of esters is 1. The van der Waals surface area contributed by atoms with Crippen LogP contribution in [0.3, 0.4) is 0 Å². The predicted molar refractivity (Wildman–Crippen MR) is 144 cm³/mol. The van der Waals surface area contributed by atoms with Crippen LogP contribution in [0.1, 0.15) is 73.6 Å². The molecule has 2 aromatic carbocycles. The van der Waals surface area contributed by atoms with Crippen LogP contribution in [0.25, 0.3) is 0 Å². The Hall–Kier alpha value is -2.17. The number of benzene rings is 2. The molecule has 0 heterocycles. The van der Waals surface area contributed by atoms with Crippen molar-refractivity contribution in [1.29, 1.82) is 0 Å². The predicted octanol–water partition coefficient (Wildman–Crippen LogP) is 6.41. The monoisotopic (exact) mass is 478 g/mol. The summed E-state index contributed by atoms with van der Waals surface area (Å²) < 4.78 is 12.8. The number of rotatable bonds is 7. The first-order valence-corrected chi connectivity index (χ1v) is 14.6. The van der Waals surface area contributed by atoms with Crippen molar-refractivity contribution in [2.75, 3.05) is 0 Å². The third-order valence-corrected chi connectivity index (χ3v) is 11.7. The topological polar surface area (TPSA) is 35.5 Å². The summed E-state index contributed by atoms with van der Waals surface area (Å²) in [5.74, 6) is 0.263.